The highest BCUT2D eigenvalue weighted by atomic mass is 35.5. The molecule has 0 radical (unpaired) electrons. The number of rotatable bonds is 6. The minimum Gasteiger partial charge on any atom is -0.489 e. The Labute approximate surface area is 212 Å². The number of halogens is 2. The molecule has 2 aromatic carbocycles. The van der Waals surface area contributed by atoms with Crippen LogP contribution in [0.1, 0.15) is 12.8 Å². The third-order valence-electron chi connectivity index (χ3n) is 5.39. The third kappa shape index (κ3) is 5.70. The molecule has 6 nitrogen and oxygen atoms in total. The Kier molecular flexibility index (Phi) is 7.93. The van der Waals surface area contributed by atoms with E-state index in [1.807, 2.05) is 41.8 Å². The van der Waals surface area contributed by atoms with Crippen molar-refractivity contribution in [3.05, 3.63) is 59.3 Å². The van der Waals surface area contributed by atoms with Crippen LogP contribution in [-0.2, 0) is 0 Å². The van der Waals surface area contributed by atoms with Gasteiger partial charge in [0, 0.05) is 35.2 Å². The van der Waals surface area contributed by atoms with E-state index in [9.17, 15) is 0 Å². The van der Waals surface area contributed by atoms with Gasteiger partial charge in [-0.3, -0.25) is 0 Å². The van der Waals surface area contributed by atoms with E-state index in [-0.39, 0.29) is 18.5 Å². The number of likely N-dealkylation sites (tertiary alicyclic amines) is 1. The van der Waals surface area contributed by atoms with Crippen molar-refractivity contribution in [3.8, 4) is 5.75 Å². The van der Waals surface area contributed by atoms with Gasteiger partial charge < -0.3 is 15.0 Å². The Morgan fingerprint density at radius 2 is 2.00 bits per heavy atom. The Morgan fingerprint density at radius 3 is 2.76 bits per heavy atom. The molecule has 3 heterocycles. The monoisotopic (exact) mass is 519 g/mol. The van der Waals surface area contributed by atoms with Gasteiger partial charge in [0.2, 0.25) is 0 Å². The van der Waals surface area contributed by atoms with Crippen LogP contribution in [0.5, 0.6) is 5.75 Å². The second kappa shape index (κ2) is 10.9. The number of nitrogens with one attached hydrogen (secondary N) is 1. The quantitative estimate of drug-likeness (QED) is 0.310. The summed E-state index contributed by atoms with van der Waals surface area (Å²) in [6.07, 6.45) is 5.58. The molecule has 172 valence electrons. The van der Waals surface area contributed by atoms with E-state index < -0.39 is 0 Å². The molecule has 1 fully saturated rings. The highest BCUT2D eigenvalue weighted by molar-refractivity contribution is 8.01. The van der Waals surface area contributed by atoms with E-state index in [0.717, 1.165) is 57.5 Å². The van der Waals surface area contributed by atoms with E-state index in [2.05, 4.69) is 32.2 Å². The lowest BCUT2D eigenvalue weighted by molar-refractivity contribution is 0.116. The molecule has 5 rings (SSSR count). The van der Waals surface area contributed by atoms with Crippen LogP contribution >= 0.6 is 47.1 Å². The largest absolute Gasteiger partial charge is 0.489 e. The number of anilines is 2. The number of aromatic nitrogens is 3. The van der Waals surface area contributed by atoms with Gasteiger partial charge in [-0.25, -0.2) is 15.0 Å². The summed E-state index contributed by atoms with van der Waals surface area (Å²) in [5.41, 5.74) is 1.70. The molecule has 0 aliphatic carbocycles. The molecule has 0 unspecified atom stereocenters. The normalized spacial score (nSPS) is 14.7. The molecule has 1 N–H and O–H groups in total. The van der Waals surface area contributed by atoms with Crippen molar-refractivity contribution in [2.24, 2.45) is 0 Å². The average Bonchev–Trinajstić information content (AvgIpc) is 3.31. The molecular weight excluding hydrogens is 497 g/mol. The maximum Gasteiger partial charge on any atom is 0.154 e. The van der Waals surface area contributed by atoms with Gasteiger partial charge in [-0.15, -0.1) is 23.7 Å². The maximum absolute atomic E-state index is 6.56. The van der Waals surface area contributed by atoms with Crippen LogP contribution < -0.4 is 10.1 Å². The highest BCUT2D eigenvalue weighted by Crippen LogP contribution is 2.37. The zero-order valence-corrected chi connectivity index (χ0v) is 21.1. The van der Waals surface area contributed by atoms with Gasteiger partial charge in [0.15, 0.2) is 4.34 Å². The van der Waals surface area contributed by atoms with Crippen molar-refractivity contribution in [1.82, 2.24) is 19.9 Å². The molecule has 0 spiro atoms. The standard InChI is InChI=1S/C23H22ClN5OS2.ClH/c1-29-10-7-16(8-11-29)30-19-4-2-3-18-21(19)22(27-14-26-18)28-15-5-6-20(17(24)13-15)32-23-25-9-12-31-23;/h2-6,9,12-14,16H,7-8,10-11H2,1H3,(H,26,27,28);1H. The topological polar surface area (TPSA) is 63.2 Å². The van der Waals surface area contributed by atoms with Crippen molar-refractivity contribution >= 4 is 69.5 Å². The number of hydrogen-bond acceptors (Lipinski definition) is 8. The molecule has 0 atom stereocenters. The number of piperidine rings is 1. The fraction of sp³-hybridized carbons (Fsp3) is 0.261. The summed E-state index contributed by atoms with van der Waals surface area (Å²) < 4.78 is 7.38. The van der Waals surface area contributed by atoms with E-state index >= 15 is 0 Å². The molecule has 2 aromatic heterocycles. The molecule has 4 aromatic rings. The maximum atomic E-state index is 6.56. The second-order valence-electron chi connectivity index (χ2n) is 7.66. The van der Waals surface area contributed by atoms with Crippen molar-refractivity contribution < 1.29 is 4.74 Å². The van der Waals surface area contributed by atoms with Gasteiger partial charge in [-0.05, 0) is 50.2 Å². The smallest absolute Gasteiger partial charge is 0.154 e. The van der Waals surface area contributed by atoms with Gasteiger partial charge in [0.1, 0.15) is 24.0 Å². The lowest BCUT2D eigenvalue weighted by Crippen LogP contribution is -2.35. The van der Waals surface area contributed by atoms with Crippen molar-refractivity contribution in [2.45, 2.75) is 28.2 Å². The number of benzene rings is 2. The molecule has 0 amide bonds. The van der Waals surface area contributed by atoms with Crippen LogP contribution in [-0.4, -0.2) is 46.1 Å². The Morgan fingerprint density at radius 1 is 1.15 bits per heavy atom. The third-order valence-corrected chi connectivity index (χ3v) is 7.77. The van der Waals surface area contributed by atoms with E-state index in [4.69, 9.17) is 16.3 Å². The summed E-state index contributed by atoms with van der Waals surface area (Å²) in [5, 5.41) is 6.91. The van der Waals surface area contributed by atoms with Gasteiger partial charge in [0.05, 0.1) is 15.9 Å². The van der Waals surface area contributed by atoms with Gasteiger partial charge in [-0.1, -0.05) is 29.4 Å². The van der Waals surface area contributed by atoms with Crippen LogP contribution in [0.2, 0.25) is 5.02 Å². The summed E-state index contributed by atoms with van der Waals surface area (Å²) in [7, 11) is 2.15. The highest BCUT2D eigenvalue weighted by Gasteiger charge is 2.20. The molecule has 0 bridgehead atoms. The molecule has 0 saturated carbocycles. The molecule has 33 heavy (non-hydrogen) atoms. The predicted octanol–water partition coefficient (Wildman–Crippen LogP) is 6.53. The summed E-state index contributed by atoms with van der Waals surface area (Å²) in [5.74, 6) is 1.51. The fourth-order valence-electron chi connectivity index (χ4n) is 3.71. The van der Waals surface area contributed by atoms with Crippen molar-refractivity contribution in [2.75, 3.05) is 25.5 Å². The summed E-state index contributed by atoms with van der Waals surface area (Å²) >= 11 is 9.71. The zero-order valence-electron chi connectivity index (χ0n) is 17.9. The molecule has 10 heteroatoms. The Balaban J connectivity index is 0.00000259. The van der Waals surface area contributed by atoms with Gasteiger partial charge in [-0.2, -0.15) is 0 Å². The number of ether oxygens (including phenoxy) is 1. The number of fused-ring (bicyclic) bond motifs is 1. The van der Waals surface area contributed by atoms with Crippen molar-refractivity contribution in [3.63, 3.8) is 0 Å². The molecule has 1 aliphatic heterocycles. The first-order valence-corrected chi connectivity index (χ1v) is 12.5. The van der Waals surface area contributed by atoms with Crippen LogP contribution in [0.15, 0.2) is 63.5 Å². The summed E-state index contributed by atoms with van der Waals surface area (Å²) in [6, 6.07) is 11.9. The van der Waals surface area contributed by atoms with Crippen molar-refractivity contribution in [1.29, 1.82) is 0 Å². The van der Waals surface area contributed by atoms with Crippen LogP contribution in [0.4, 0.5) is 11.5 Å². The molecular formula is C23H23Cl2N5OS2. The summed E-state index contributed by atoms with van der Waals surface area (Å²) in [4.78, 5) is 16.6. The van der Waals surface area contributed by atoms with Crippen LogP contribution in [0.25, 0.3) is 10.9 Å². The number of nitrogens with zero attached hydrogens (tertiary/aromatic N) is 4. The number of hydrogen-bond donors (Lipinski definition) is 1. The van der Waals surface area contributed by atoms with Crippen LogP contribution in [0, 0.1) is 0 Å². The van der Waals surface area contributed by atoms with E-state index in [1.165, 1.54) is 0 Å². The fourth-order valence-corrected chi connectivity index (χ4v) is 5.59. The van der Waals surface area contributed by atoms with Gasteiger partial charge >= 0.3 is 0 Å². The Hall–Kier alpha value is -2.10. The minimum absolute atomic E-state index is 0. The SMILES string of the molecule is CN1CCC(Oc2cccc3ncnc(Nc4ccc(Sc5nccs5)c(Cl)c4)c23)CC1.Cl. The van der Waals surface area contributed by atoms with E-state index in [0.29, 0.717) is 10.8 Å². The van der Waals surface area contributed by atoms with Crippen LogP contribution in [0.3, 0.4) is 0 Å². The first-order chi connectivity index (χ1) is 15.7. The number of thiazole rings is 1. The molecule has 1 saturated heterocycles. The average molecular weight is 521 g/mol. The lowest BCUT2D eigenvalue weighted by Gasteiger charge is -2.29. The van der Waals surface area contributed by atoms with Gasteiger partial charge in [0.25, 0.3) is 0 Å². The first kappa shape index (κ1) is 24.0. The first-order valence-electron chi connectivity index (χ1n) is 10.4. The molecule has 1 aliphatic rings. The predicted molar refractivity (Wildman–Crippen MR) is 139 cm³/mol. The lowest BCUT2D eigenvalue weighted by atomic mass is 10.1. The van der Waals surface area contributed by atoms with E-state index in [1.54, 1.807) is 35.6 Å². The zero-order chi connectivity index (χ0) is 21.9. The Bertz CT molecular complexity index is 1210. The summed E-state index contributed by atoms with van der Waals surface area (Å²) in [6.45, 7) is 2.09. The second-order valence-corrected chi connectivity index (χ2v) is 10.3. The minimum atomic E-state index is 0.